The summed E-state index contributed by atoms with van der Waals surface area (Å²) >= 11 is 0. The first kappa shape index (κ1) is 21.2. The highest BCUT2D eigenvalue weighted by Crippen LogP contribution is 2.27. The number of halogens is 2. The van der Waals surface area contributed by atoms with Gasteiger partial charge in [0.25, 0.3) is 5.56 Å². The fraction of sp³-hybridized carbons (Fsp3) is 0.250. The summed E-state index contributed by atoms with van der Waals surface area (Å²) in [7, 11) is 1.30. The van der Waals surface area contributed by atoms with Crippen LogP contribution in [0.25, 0.3) is 0 Å². The van der Waals surface area contributed by atoms with Gasteiger partial charge in [-0.3, -0.25) is 4.79 Å². The van der Waals surface area contributed by atoms with Gasteiger partial charge in [-0.15, -0.1) is 0 Å². The topological polar surface area (TPSA) is 98.5 Å². The first-order valence-electron chi connectivity index (χ1n) is 8.97. The molecule has 0 fully saturated rings. The van der Waals surface area contributed by atoms with Crippen LogP contribution in [0.3, 0.4) is 0 Å². The Kier molecular flexibility index (Phi) is 6.58. The predicted octanol–water partition coefficient (Wildman–Crippen LogP) is 2.55. The Balaban J connectivity index is 1.68. The first-order valence-corrected chi connectivity index (χ1v) is 8.97. The fourth-order valence-corrected chi connectivity index (χ4v) is 2.70. The van der Waals surface area contributed by atoms with Crippen LogP contribution in [-0.2, 0) is 13.2 Å². The van der Waals surface area contributed by atoms with E-state index in [0.717, 1.165) is 0 Å². The molecule has 3 aromatic rings. The van der Waals surface area contributed by atoms with Crippen molar-refractivity contribution in [2.24, 2.45) is 0 Å². The van der Waals surface area contributed by atoms with E-state index in [0.29, 0.717) is 5.69 Å². The number of benzene rings is 1. The van der Waals surface area contributed by atoms with Gasteiger partial charge < -0.3 is 24.5 Å². The maximum absolute atomic E-state index is 14.3. The molecule has 2 heterocycles. The van der Waals surface area contributed by atoms with E-state index in [9.17, 15) is 13.6 Å². The second kappa shape index (κ2) is 9.31. The molecule has 0 atom stereocenters. The van der Waals surface area contributed by atoms with Crippen molar-refractivity contribution < 1.29 is 23.4 Å². The van der Waals surface area contributed by atoms with Gasteiger partial charge in [0.15, 0.2) is 17.3 Å². The van der Waals surface area contributed by atoms with Gasteiger partial charge >= 0.3 is 0 Å². The molecule has 0 aliphatic rings. The highest BCUT2D eigenvalue weighted by molar-refractivity contribution is 5.51. The Bertz CT molecular complexity index is 1090. The smallest absolute Gasteiger partial charge is 0.252 e. The SMILES string of the molecule is COc1cc(C)c(F)c(COc2cnc(Nc3ccn(CCO)c(=O)c3)nc2)c1F. The third-order valence-electron chi connectivity index (χ3n) is 4.26. The Morgan fingerprint density at radius 1 is 1.20 bits per heavy atom. The summed E-state index contributed by atoms with van der Waals surface area (Å²) < 4.78 is 40.2. The van der Waals surface area contributed by atoms with Crippen LogP contribution in [0.1, 0.15) is 11.1 Å². The molecular weight excluding hydrogens is 398 g/mol. The molecule has 0 bridgehead atoms. The number of rotatable bonds is 8. The van der Waals surface area contributed by atoms with Gasteiger partial charge in [0, 0.05) is 24.5 Å². The second-order valence-corrected chi connectivity index (χ2v) is 6.33. The predicted molar refractivity (Wildman–Crippen MR) is 105 cm³/mol. The molecule has 158 valence electrons. The third kappa shape index (κ3) is 4.71. The van der Waals surface area contributed by atoms with Crippen LogP contribution in [0.5, 0.6) is 11.5 Å². The number of hydrogen-bond donors (Lipinski definition) is 2. The molecule has 3 rings (SSSR count). The third-order valence-corrected chi connectivity index (χ3v) is 4.26. The number of pyridine rings is 1. The van der Waals surface area contributed by atoms with Crippen LogP contribution in [0.15, 0.2) is 41.6 Å². The van der Waals surface area contributed by atoms with Gasteiger partial charge in [-0.2, -0.15) is 0 Å². The summed E-state index contributed by atoms with van der Waals surface area (Å²) in [6, 6.07) is 4.27. The number of aliphatic hydroxyl groups excluding tert-OH is 1. The molecule has 8 nitrogen and oxygen atoms in total. The zero-order valence-electron chi connectivity index (χ0n) is 16.4. The van der Waals surface area contributed by atoms with Gasteiger partial charge in [-0.25, -0.2) is 18.7 Å². The van der Waals surface area contributed by atoms with E-state index in [1.54, 1.807) is 6.07 Å². The Morgan fingerprint density at radius 3 is 2.57 bits per heavy atom. The first-order chi connectivity index (χ1) is 14.4. The standard InChI is InChI=1S/C20H20F2N4O4/c1-12-7-16(29-2)19(22)15(18(12)21)11-30-14-9-23-20(24-10-14)25-13-3-4-26(5-6-27)17(28)8-13/h3-4,7-10,27H,5-6,11H2,1-2H3,(H,23,24,25). The molecule has 0 radical (unpaired) electrons. The van der Waals surface area contributed by atoms with Crippen LogP contribution in [0.4, 0.5) is 20.4 Å². The Labute approximate surface area is 170 Å². The van der Waals surface area contributed by atoms with Gasteiger partial charge in [0.1, 0.15) is 12.4 Å². The minimum Gasteiger partial charge on any atom is -0.494 e. The molecule has 10 heteroatoms. The van der Waals surface area contributed by atoms with Crippen molar-refractivity contribution in [3.8, 4) is 11.5 Å². The van der Waals surface area contributed by atoms with Crippen molar-refractivity contribution in [1.29, 1.82) is 0 Å². The second-order valence-electron chi connectivity index (χ2n) is 6.33. The van der Waals surface area contributed by atoms with Gasteiger partial charge in [0.2, 0.25) is 5.95 Å². The molecule has 30 heavy (non-hydrogen) atoms. The Morgan fingerprint density at radius 2 is 1.93 bits per heavy atom. The van der Waals surface area contributed by atoms with Crippen LogP contribution >= 0.6 is 0 Å². The average Bonchev–Trinajstić information content (AvgIpc) is 2.74. The van der Waals surface area contributed by atoms with E-state index >= 15 is 0 Å². The van der Waals surface area contributed by atoms with Crippen molar-refractivity contribution in [3.63, 3.8) is 0 Å². The number of aliphatic hydroxyl groups is 1. The van der Waals surface area contributed by atoms with Crippen LogP contribution in [0.2, 0.25) is 0 Å². The summed E-state index contributed by atoms with van der Waals surface area (Å²) in [5.41, 5.74) is 0.173. The van der Waals surface area contributed by atoms with Crippen molar-refractivity contribution in [3.05, 3.63) is 69.9 Å². The van der Waals surface area contributed by atoms with Crippen molar-refractivity contribution in [1.82, 2.24) is 14.5 Å². The van der Waals surface area contributed by atoms with Gasteiger partial charge in [0.05, 0.1) is 31.7 Å². The van der Waals surface area contributed by atoms with Gasteiger partial charge in [-0.1, -0.05) is 0 Å². The highest BCUT2D eigenvalue weighted by Gasteiger charge is 2.18. The molecular formula is C20H20F2N4O4. The van der Waals surface area contributed by atoms with Gasteiger partial charge in [-0.05, 0) is 24.6 Å². The molecule has 0 saturated carbocycles. The molecule has 0 unspecified atom stereocenters. The largest absolute Gasteiger partial charge is 0.494 e. The van der Waals surface area contributed by atoms with Crippen molar-refractivity contribution in [2.75, 3.05) is 19.0 Å². The lowest BCUT2D eigenvalue weighted by atomic mass is 10.1. The highest BCUT2D eigenvalue weighted by atomic mass is 19.1. The van der Waals surface area contributed by atoms with E-state index in [4.69, 9.17) is 14.6 Å². The lowest BCUT2D eigenvalue weighted by Crippen LogP contribution is -2.20. The summed E-state index contributed by atoms with van der Waals surface area (Å²) in [4.78, 5) is 20.0. The monoisotopic (exact) mass is 418 g/mol. The number of methoxy groups -OCH3 is 1. The lowest BCUT2D eigenvalue weighted by Gasteiger charge is -2.12. The molecule has 0 aliphatic carbocycles. The van der Waals surface area contributed by atoms with Crippen LogP contribution < -0.4 is 20.3 Å². The lowest BCUT2D eigenvalue weighted by molar-refractivity contribution is 0.274. The van der Waals surface area contributed by atoms with Crippen molar-refractivity contribution >= 4 is 11.6 Å². The molecule has 0 aliphatic heterocycles. The van der Waals surface area contributed by atoms with E-state index in [-0.39, 0.29) is 53.9 Å². The summed E-state index contributed by atoms with van der Waals surface area (Å²) in [5.74, 6) is -1.18. The number of anilines is 2. The van der Waals surface area contributed by atoms with Crippen molar-refractivity contribution in [2.45, 2.75) is 20.1 Å². The number of aromatic nitrogens is 3. The van der Waals surface area contributed by atoms with E-state index in [2.05, 4.69) is 15.3 Å². The number of nitrogens with zero attached hydrogens (tertiary/aromatic N) is 3. The summed E-state index contributed by atoms with van der Waals surface area (Å²) in [6.07, 6.45) is 4.22. The zero-order chi connectivity index (χ0) is 21.7. The normalized spacial score (nSPS) is 10.7. The average molecular weight is 418 g/mol. The number of ether oxygens (including phenoxy) is 2. The minimum atomic E-state index is -0.823. The number of nitrogens with one attached hydrogen (secondary N) is 1. The molecule has 2 aromatic heterocycles. The Hall–Kier alpha value is -3.53. The van der Waals surface area contributed by atoms with E-state index < -0.39 is 11.6 Å². The van der Waals surface area contributed by atoms with Crippen LogP contribution in [0, 0.1) is 18.6 Å². The maximum atomic E-state index is 14.3. The summed E-state index contributed by atoms with van der Waals surface area (Å²) in [5, 5.41) is 11.8. The fourth-order valence-electron chi connectivity index (χ4n) is 2.70. The minimum absolute atomic E-state index is 0.0655. The molecule has 0 spiro atoms. The number of hydrogen-bond acceptors (Lipinski definition) is 7. The molecule has 1 aromatic carbocycles. The quantitative estimate of drug-likeness (QED) is 0.580. The zero-order valence-corrected chi connectivity index (χ0v) is 16.4. The number of aryl methyl sites for hydroxylation is 1. The molecule has 0 amide bonds. The molecule has 2 N–H and O–H groups in total. The maximum Gasteiger partial charge on any atom is 0.252 e. The summed E-state index contributed by atoms with van der Waals surface area (Å²) in [6.45, 7) is 1.21. The van der Waals surface area contributed by atoms with E-state index in [1.807, 2.05) is 0 Å². The molecule has 0 saturated heterocycles. The van der Waals surface area contributed by atoms with Crippen LogP contribution in [-0.4, -0.2) is 33.4 Å². The van der Waals surface area contributed by atoms with E-state index in [1.165, 1.54) is 49.3 Å².